The van der Waals surface area contributed by atoms with Gasteiger partial charge in [0.1, 0.15) is 0 Å². The van der Waals surface area contributed by atoms with Crippen LogP contribution in [-0.4, -0.2) is 17.5 Å². The highest BCUT2D eigenvalue weighted by molar-refractivity contribution is 6.34. The largest absolute Gasteiger partial charge is 0.490 e. The predicted octanol–water partition coefficient (Wildman–Crippen LogP) is 3.39. The van der Waals surface area contributed by atoms with Crippen LogP contribution in [0.4, 0.5) is 5.82 Å². The van der Waals surface area contributed by atoms with Crippen LogP contribution in [0.2, 0.25) is 5.02 Å². The van der Waals surface area contributed by atoms with E-state index in [1.54, 1.807) is 42.6 Å². The summed E-state index contributed by atoms with van der Waals surface area (Å²) in [6.07, 6.45) is 1.59. The van der Waals surface area contributed by atoms with Crippen molar-refractivity contribution in [2.24, 2.45) is 0 Å². The first-order valence-electron chi connectivity index (χ1n) is 5.86. The molecule has 0 unspecified atom stereocenters. The lowest BCUT2D eigenvalue weighted by atomic mass is 10.2. The molecule has 1 aromatic carbocycles. The quantitative estimate of drug-likeness (QED) is 0.931. The predicted molar refractivity (Wildman–Crippen MR) is 74.8 cm³/mol. The number of amides is 1. The van der Waals surface area contributed by atoms with Gasteiger partial charge in [-0.05, 0) is 31.2 Å². The number of ether oxygens (including phenoxy) is 1. The number of carbonyl (C=O) groups is 1. The molecule has 0 aliphatic heterocycles. The zero-order chi connectivity index (χ0) is 13.7. The third-order valence-electron chi connectivity index (χ3n) is 2.42. The van der Waals surface area contributed by atoms with E-state index < -0.39 is 0 Å². The van der Waals surface area contributed by atoms with Crippen molar-refractivity contribution in [1.82, 2.24) is 4.98 Å². The number of hydrogen-bond donors (Lipinski definition) is 1. The van der Waals surface area contributed by atoms with E-state index >= 15 is 0 Å². The van der Waals surface area contributed by atoms with Gasteiger partial charge in [0.25, 0.3) is 5.91 Å². The molecule has 0 saturated carbocycles. The summed E-state index contributed by atoms with van der Waals surface area (Å²) in [4.78, 5) is 16.2. The van der Waals surface area contributed by atoms with Crippen molar-refractivity contribution >= 4 is 23.3 Å². The number of benzene rings is 1. The van der Waals surface area contributed by atoms with E-state index in [0.717, 1.165) is 0 Å². The van der Waals surface area contributed by atoms with Crippen LogP contribution in [0.1, 0.15) is 17.3 Å². The molecule has 98 valence electrons. The van der Waals surface area contributed by atoms with Crippen LogP contribution in [0.15, 0.2) is 42.6 Å². The second-order valence-electron chi connectivity index (χ2n) is 3.72. The first kappa shape index (κ1) is 13.4. The van der Waals surface area contributed by atoms with E-state index in [1.807, 2.05) is 6.92 Å². The van der Waals surface area contributed by atoms with Gasteiger partial charge in [0.15, 0.2) is 11.6 Å². The van der Waals surface area contributed by atoms with E-state index in [9.17, 15) is 4.79 Å². The Labute approximate surface area is 116 Å². The van der Waals surface area contributed by atoms with E-state index in [-0.39, 0.29) is 5.91 Å². The normalized spacial score (nSPS) is 10.0. The number of nitrogens with zero attached hydrogens (tertiary/aromatic N) is 1. The molecule has 19 heavy (non-hydrogen) atoms. The van der Waals surface area contributed by atoms with Crippen molar-refractivity contribution in [2.45, 2.75) is 6.92 Å². The van der Waals surface area contributed by atoms with Crippen LogP contribution < -0.4 is 10.1 Å². The van der Waals surface area contributed by atoms with Gasteiger partial charge in [0.2, 0.25) is 0 Å². The molecule has 0 spiro atoms. The first-order valence-corrected chi connectivity index (χ1v) is 6.24. The number of nitrogens with one attached hydrogen (secondary N) is 1. The zero-order valence-electron chi connectivity index (χ0n) is 10.4. The number of aromatic nitrogens is 1. The molecule has 1 N–H and O–H groups in total. The van der Waals surface area contributed by atoms with Crippen molar-refractivity contribution < 1.29 is 9.53 Å². The van der Waals surface area contributed by atoms with Crippen LogP contribution in [0, 0.1) is 0 Å². The van der Waals surface area contributed by atoms with Crippen molar-refractivity contribution in [1.29, 1.82) is 0 Å². The van der Waals surface area contributed by atoms with Crippen LogP contribution in [0.5, 0.6) is 5.75 Å². The smallest absolute Gasteiger partial charge is 0.258 e. The van der Waals surface area contributed by atoms with Crippen LogP contribution in [0.25, 0.3) is 0 Å². The summed E-state index contributed by atoms with van der Waals surface area (Å²) in [6.45, 7) is 2.37. The minimum Gasteiger partial charge on any atom is -0.490 e. The Balaban J connectivity index is 2.22. The van der Waals surface area contributed by atoms with Crippen LogP contribution in [-0.2, 0) is 0 Å². The van der Waals surface area contributed by atoms with E-state index in [2.05, 4.69) is 10.3 Å². The van der Waals surface area contributed by atoms with Gasteiger partial charge in [0, 0.05) is 6.20 Å². The van der Waals surface area contributed by atoms with Gasteiger partial charge in [-0.15, -0.1) is 0 Å². The molecule has 0 bridgehead atoms. The van der Waals surface area contributed by atoms with Gasteiger partial charge in [0.05, 0.1) is 17.2 Å². The number of rotatable bonds is 4. The second-order valence-corrected chi connectivity index (χ2v) is 4.12. The second kappa shape index (κ2) is 6.20. The average Bonchev–Trinajstić information content (AvgIpc) is 2.41. The Kier molecular flexibility index (Phi) is 4.36. The lowest BCUT2D eigenvalue weighted by molar-refractivity contribution is 0.102. The van der Waals surface area contributed by atoms with Crippen molar-refractivity contribution in [3.05, 3.63) is 53.2 Å². The first-order chi connectivity index (χ1) is 9.22. The maximum Gasteiger partial charge on any atom is 0.258 e. The Morgan fingerprint density at radius 3 is 2.84 bits per heavy atom. The molecule has 0 aliphatic rings. The van der Waals surface area contributed by atoms with Gasteiger partial charge in [-0.2, -0.15) is 0 Å². The summed E-state index contributed by atoms with van der Waals surface area (Å²) in [5.41, 5.74) is 0.400. The topological polar surface area (TPSA) is 51.2 Å². The fourth-order valence-corrected chi connectivity index (χ4v) is 1.80. The van der Waals surface area contributed by atoms with E-state index in [4.69, 9.17) is 16.3 Å². The lowest BCUT2D eigenvalue weighted by Crippen LogP contribution is -2.14. The SMILES string of the molecule is CCOc1cccnc1NC(=O)c1ccccc1Cl. The maximum atomic E-state index is 12.1. The van der Waals surface area contributed by atoms with Crippen molar-refractivity contribution in [3.8, 4) is 5.75 Å². The Morgan fingerprint density at radius 1 is 1.32 bits per heavy atom. The number of anilines is 1. The molecular weight excluding hydrogens is 264 g/mol. The van der Waals surface area contributed by atoms with Crippen LogP contribution in [0.3, 0.4) is 0 Å². The number of hydrogen-bond acceptors (Lipinski definition) is 3. The van der Waals surface area contributed by atoms with Gasteiger partial charge in [-0.25, -0.2) is 4.98 Å². The molecule has 1 amide bonds. The van der Waals surface area contributed by atoms with Gasteiger partial charge in [-0.3, -0.25) is 4.79 Å². The minimum atomic E-state index is -0.315. The van der Waals surface area contributed by atoms with Crippen molar-refractivity contribution in [3.63, 3.8) is 0 Å². The summed E-state index contributed by atoms with van der Waals surface area (Å²) >= 11 is 5.97. The number of halogens is 1. The summed E-state index contributed by atoms with van der Waals surface area (Å²) in [6, 6.07) is 10.3. The third kappa shape index (κ3) is 3.23. The Morgan fingerprint density at radius 2 is 2.11 bits per heavy atom. The number of carbonyl (C=O) groups excluding carboxylic acids is 1. The number of pyridine rings is 1. The summed E-state index contributed by atoms with van der Waals surface area (Å²) < 4.78 is 5.39. The molecule has 0 atom stereocenters. The molecule has 1 heterocycles. The lowest BCUT2D eigenvalue weighted by Gasteiger charge is -2.10. The highest BCUT2D eigenvalue weighted by Gasteiger charge is 2.13. The molecule has 5 heteroatoms. The fourth-order valence-electron chi connectivity index (χ4n) is 1.58. The molecule has 4 nitrogen and oxygen atoms in total. The summed E-state index contributed by atoms with van der Waals surface area (Å²) in [5.74, 6) is 0.602. The molecule has 0 aliphatic carbocycles. The molecule has 0 fully saturated rings. The van der Waals surface area contributed by atoms with Crippen LogP contribution >= 0.6 is 11.6 Å². The van der Waals surface area contributed by atoms with Gasteiger partial charge in [-0.1, -0.05) is 23.7 Å². The molecule has 1 aromatic heterocycles. The molecule has 0 saturated heterocycles. The van der Waals surface area contributed by atoms with E-state index in [1.165, 1.54) is 0 Å². The average molecular weight is 277 g/mol. The highest BCUT2D eigenvalue weighted by Crippen LogP contribution is 2.23. The monoisotopic (exact) mass is 276 g/mol. The zero-order valence-corrected chi connectivity index (χ0v) is 11.1. The Hall–Kier alpha value is -2.07. The minimum absolute atomic E-state index is 0.315. The third-order valence-corrected chi connectivity index (χ3v) is 2.75. The van der Waals surface area contributed by atoms with Crippen molar-refractivity contribution in [2.75, 3.05) is 11.9 Å². The summed E-state index contributed by atoms with van der Waals surface area (Å²) in [7, 11) is 0. The molecular formula is C14H13ClN2O2. The standard InChI is InChI=1S/C14H13ClN2O2/c1-2-19-12-8-5-9-16-13(12)17-14(18)10-6-3-4-7-11(10)15/h3-9H,2H2,1H3,(H,16,17,18). The van der Waals surface area contributed by atoms with Gasteiger partial charge >= 0.3 is 0 Å². The fraction of sp³-hybridized carbons (Fsp3) is 0.143. The molecule has 2 aromatic rings. The Bertz CT molecular complexity index is 587. The maximum absolute atomic E-state index is 12.1. The summed E-state index contributed by atoms with van der Waals surface area (Å²) in [5, 5.41) is 3.09. The highest BCUT2D eigenvalue weighted by atomic mass is 35.5. The molecule has 2 rings (SSSR count). The van der Waals surface area contributed by atoms with E-state index in [0.29, 0.717) is 28.8 Å². The van der Waals surface area contributed by atoms with Gasteiger partial charge < -0.3 is 10.1 Å². The molecule has 0 radical (unpaired) electrons.